The van der Waals surface area contributed by atoms with Gasteiger partial charge in [0.15, 0.2) is 0 Å². The fourth-order valence-corrected chi connectivity index (χ4v) is 2.20. The molecule has 0 aromatic carbocycles. The molecule has 5 heteroatoms. The highest BCUT2D eigenvalue weighted by molar-refractivity contribution is 5.26. The number of ether oxygens (including phenoxy) is 2. The van der Waals surface area contributed by atoms with Gasteiger partial charge in [-0.15, -0.1) is 0 Å². The second kappa shape index (κ2) is 7.18. The molecule has 1 aromatic heterocycles. The number of rotatable bonds is 5. The first kappa shape index (κ1) is 16.2. The average molecular weight is 296 g/mol. The quantitative estimate of drug-likeness (QED) is 0.907. The topological polar surface area (TPSA) is 43.4 Å². The minimum absolute atomic E-state index is 0.0456. The molecule has 0 amide bonds. The molecule has 118 valence electrons. The minimum atomic E-state index is -0.345. The van der Waals surface area contributed by atoms with E-state index in [2.05, 4.69) is 31.1 Å². The summed E-state index contributed by atoms with van der Waals surface area (Å²) >= 11 is 0. The van der Waals surface area contributed by atoms with E-state index in [-0.39, 0.29) is 17.5 Å². The van der Waals surface area contributed by atoms with E-state index in [0.717, 1.165) is 25.0 Å². The van der Waals surface area contributed by atoms with E-state index < -0.39 is 0 Å². The zero-order valence-corrected chi connectivity index (χ0v) is 13.1. The van der Waals surface area contributed by atoms with Crippen molar-refractivity contribution in [3.63, 3.8) is 0 Å². The summed E-state index contributed by atoms with van der Waals surface area (Å²) in [5.74, 6) is 0.143. The zero-order valence-electron chi connectivity index (χ0n) is 13.1. The van der Waals surface area contributed by atoms with Crippen LogP contribution < -0.4 is 10.1 Å². The van der Waals surface area contributed by atoms with E-state index in [9.17, 15) is 4.39 Å². The van der Waals surface area contributed by atoms with Crippen molar-refractivity contribution in [2.45, 2.75) is 58.2 Å². The molecule has 1 atom stereocenters. The summed E-state index contributed by atoms with van der Waals surface area (Å²) in [4.78, 5) is 4.07. The fourth-order valence-electron chi connectivity index (χ4n) is 2.20. The van der Waals surface area contributed by atoms with E-state index in [1.807, 2.05) is 0 Å². The largest absolute Gasteiger partial charge is 0.475 e. The Hall–Kier alpha value is -1.20. The van der Waals surface area contributed by atoms with Crippen LogP contribution in [0.15, 0.2) is 12.3 Å². The van der Waals surface area contributed by atoms with Crippen molar-refractivity contribution in [2.75, 3.05) is 13.2 Å². The van der Waals surface area contributed by atoms with Gasteiger partial charge in [0, 0.05) is 24.3 Å². The Morgan fingerprint density at radius 3 is 2.90 bits per heavy atom. The Morgan fingerprint density at radius 1 is 1.43 bits per heavy atom. The third kappa shape index (κ3) is 5.59. The van der Waals surface area contributed by atoms with Gasteiger partial charge in [-0.25, -0.2) is 9.37 Å². The van der Waals surface area contributed by atoms with E-state index in [0.29, 0.717) is 19.0 Å². The second-order valence-electron chi connectivity index (χ2n) is 6.52. The van der Waals surface area contributed by atoms with Crippen molar-refractivity contribution >= 4 is 0 Å². The highest BCUT2D eigenvalue weighted by atomic mass is 19.1. The number of halogens is 1. The van der Waals surface area contributed by atoms with Gasteiger partial charge in [0.05, 0.1) is 12.3 Å². The number of nitrogens with one attached hydrogen (secondary N) is 1. The van der Waals surface area contributed by atoms with Gasteiger partial charge in [-0.3, -0.25) is 0 Å². The van der Waals surface area contributed by atoms with Crippen molar-refractivity contribution in [2.24, 2.45) is 0 Å². The van der Waals surface area contributed by atoms with E-state index in [4.69, 9.17) is 9.47 Å². The summed E-state index contributed by atoms with van der Waals surface area (Å²) in [6.07, 6.45) is 4.61. The Balaban J connectivity index is 1.96. The molecule has 1 aromatic rings. The molecule has 1 unspecified atom stereocenters. The molecule has 0 bridgehead atoms. The van der Waals surface area contributed by atoms with Gasteiger partial charge in [0.1, 0.15) is 12.4 Å². The molecule has 1 aliphatic heterocycles. The molecule has 0 spiro atoms. The highest BCUT2D eigenvalue weighted by Gasteiger charge is 2.17. The van der Waals surface area contributed by atoms with Gasteiger partial charge >= 0.3 is 0 Å². The number of hydrogen-bond donors (Lipinski definition) is 1. The monoisotopic (exact) mass is 296 g/mol. The Bertz CT molecular complexity index is 454. The molecule has 4 nitrogen and oxygen atoms in total. The Labute approximate surface area is 126 Å². The van der Waals surface area contributed by atoms with Crippen LogP contribution in [0.2, 0.25) is 0 Å². The maximum atomic E-state index is 13.4. The van der Waals surface area contributed by atoms with Crippen LogP contribution in [0.1, 0.15) is 45.6 Å². The van der Waals surface area contributed by atoms with Gasteiger partial charge in [-0.1, -0.05) is 0 Å². The summed E-state index contributed by atoms with van der Waals surface area (Å²) in [7, 11) is 0. The molecule has 1 fully saturated rings. The van der Waals surface area contributed by atoms with Gasteiger partial charge < -0.3 is 14.8 Å². The van der Waals surface area contributed by atoms with Crippen molar-refractivity contribution < 1.29 is 13.9 Å². The Morgan fingerprint density at radius 2 is 2.24 bits per heavy atom. The molecule has 0 saturated carbocycles. The van der Waals surface area contributed by atoms with Gasteiger partial charge in [0.25, 0.3) is 0 Å². The molecule has 2 rings (SSSR count). The maximum absolute atomic E-state index is 13.4. The van der Waals surface area contributed by atoms with Crippen molar-refractivity contribution in [1.82, 2.24) is 10.3 Å². The van der Waals surface area contributed by atoms with Gasteiger partial charge in [-0.05, 0) is 46.1 Å². The molecule has 21 heavy (non-hydrogen) atoms. The molecule has 1 N–H and O–H groups in total. The van der Waals surface area contributed by atoms with Crippen molar-refractivity contribution in [1.29, 1.82) is 0 Å². The smallest absolute Gasteiger partial charge is 0.218 e. The van der Waals surface area contributed by atoms with Crippen LogP contribution in [0, 0.1) is 5.82 Å². The minimum Gasteiger partial charge on any atom is -0.475 e. The van der Waals surface area contributed by atoms with Gasteiger partial charge in [-0.2, -0.15) is 0 Å². The molecule has 0 radical (unpaired) electrons. The number of hydrogen-bond acceptors (Lipinski definition) is 4. The lowest BCUT2D eigenvalue weighted by atomic mass is 10.1. The Kier molecular flexibility index (Phi) is 5.53. The molecule has 1 saturated heterocycles. The van der Waals surface area contributed by atoms with E-state index >= 15 is 0 Å². The summed E-state index contributed by atoms with van der Waals surface area (Å²) < 4.78 is 24.8. The zero-order chi connectivity index (χ0) is 15.3. The predicted molar refractivity (Wildman–Crippen MR) is 79.9 cm³/mol. The van der Waals surface area contributed by atoms with Crippen molar-refractivity contribution in [3.05, 3.63) is 23.6 Å². The SMILES string of the molecule is CC(C)(C)NCc1cc(F)cnc1OCC1CCCCO1. The molecule has 1 aliphatic rings. The highest BCUT2D eigenvalue weighted by Crippen LogP contribution is 2.19. The molecule has 0 aliphatic carbocycles. The first-order valence-electron chi connectivity index (χ1n) is 7.58. The van der Waals surface area contributed by atoms with Crippen LogP contribution >= 0.6 is 0 Å². The van der Waals surface area contributed by atoms with Crippen LogP contribution in [0.3, 0.4) is 0 Å². The predicted octanol–water partition coefficient (Wildman–Crippen LogP) is 3.06. The summed E-state index contributed by atoms with van der Waals surface area (Å²) in [5, 5.41) is 3.33. The average Bonchev–Trinajstić information content (AvgIpc) is 2.44. The molecule has 2 heterocycles. The fraction of sp³-hybridized carbons (Fsp3) is 0.688. The van der Waals surface area contributed by atoms with Crippen molar-refractivity contribution in [3.8, 4) is 5.88 Å². The van der Waals surface area contributed by atoms with Gasteiger partial charge in [0.2, 0.25) is 5.88 Å². The maximum Gasteiger partial charge on any atom is 0.218 e. The summed E-state index contributed by atoms with van der Waals surface area (Å²) in [6.45, 7) is 7.99. The lowest BCUT2D eigenvalue weighted by Gasteiger charge is -2.24. The normalized spacial score (nSPS) is 19.5. The van der Waals surface area contributed by atoms with Crippen LogP contribution in [-0.2, 0) is 11.3 Å². The van der Waals surface area contributed by atoms with Crippen LogP contribution in [0.5, 0.6) is 5.88 Å². The third-order valence-corrected chi connectivity index (χ3v) is 3.38. The summed E-state index contributed by atoms with van der Waals surface area (Å²) in [6, 6.07) is 1.48. The number of nitrogens with zero attached hydrogens (tertiary/aromatic N) is 1. The number of pyridine rings is 1. The van der Waals surface area contributed by atoms with Crippen LogP contribution in [0.4, 0.5) is 4.39 Å². The van der Waals surface area contributed by atoms with Crippen LogP contribution in [-0.4, -0.2) is 29.8 Å². The first-order chi connectivity index (χ1) is 9.94. The second-order valence-corrected chi connectivity index (χ2v) is 6.52. The van der Waals surface area contributed by atoms with Crippen LogP contribution in [0.25, 0.3) is 0 Å². The standard InChI is InChI=1S/C16H25FN2O2/c1-16(2,3)19-9-12-8-13(17)10-18-15(12)21-11-14-6-4-5-7-20-14/h8,10,14,19H,4-7,9,11H2,1-3H3. The number of aromatic nitrogens is 1. The van der Waals surface area contributed by atoms with E-state index in [1.54, 1.807) is 0 Å². The first-order valence-corrected chi connectivity index (χ1v) is 7.58. The lowest BCUT2D eigenvalue weighted by molar-refractivity contribution is -0.0121. The third-order valence-electron chi connectivity index (χ3n) is 3.38. The molecular weight excluding hydrogens is 271 g/mol. The lowest BCUT2D eigenvalue weighted by Crippen LogP contribution is -2.35. The molecular formula is C16H25FN2O2. The van der Waals surface area contributed by atoms with E-state index in [1.165, 1.54) is 18.7 Å². The summed E-state index contributed by atoms with van der Waals surface area (Å²) in [5.41, 5.74) is 0.691.